The van der Waals surface area contributed by atoms with E-state index < -0.39 is 48.9 Å². The molecular weight excluding hydrogens is 309 g/mol. The topological polar surface area (TPSA) is 26.3 Å². The first-order chi connectivity index (χ1) is 9.15. The molecule has 0 unspecified atom stereocenters. The lowest BCUT2D eigenvalue weighted by Gasteiger charge is -2.25. The van der Waals surface area contributed by atoms with Gasteiger partial charge in [-0.1, -0.05) is 6.92 Å². The summed E-state index contributed by atoms with van der Waals surface area (Å²) in [5.74, 6) is -10.6. The molecule has 126 valence electrons. The van der Waals surface area contributed by atoms with E-state index in [1.165, 1.54) is 13.8 Å². The van der Waals surface area contributed by atoms with Gasteiger partial charge in [-0.2, -0.15) is 22.0 Å². The highest BCUT2D eigenvalue weighted by Crippen LogP contribution is 2.43. The predicted octanol–water partition coefficient (Wildman–Crippen LogP) is 4.58. The third-order valence-corrected chi connectivity index (χ3v) is 3.03. The Morgan fingerprint density at radius 3 is 1.86 bits per heavy atom. The van der Waals surface area contributed by atoms with Crippen molar-refractivity contribution in [3.8, 4) is 0 Å². The average Bonchev–Trinajstić information content (AvgIpc) is 2.25. The molecule has 0 amide bonds. The van der Waals surface area contributed by atoms with Crippen molar-refractivity contribution in [1.82, 2.24) is 0 Å². The summed E-state index contributed by atoms with van der Waals surface area (Å²) in [5.41, 5.74) is -0.939. The van der Waals surface area contributed by atoms with Gasteiger partial charge < -0.3 is 4.74 Å². The van der Waals surface area contributed by atoms with Gasteiger partial charge in [0.1, 0.15) is 0 Å². The molecule has 0 N–H and O–H groups in total. The zero-order valence-corrected chi connectivity index (χ0v) is 11.8. The SMILES string of the molecule is CCC(C)(C)C(=O)OCCC(F)(F)CC(F)(F)C(F)(F)F. The van der Waals surface area contributed by atoms with Crippen LogP contribution in [-0.2, 0) is 9.53 Å². The fourth-order valence-electron chi connectivity index (χ4n) is 1.15. The Kier molecular flexibility index (Phi) is 6.08. The number of rotatable bonds is 7. The Hall–Kier alpha value is -1.02. The Bertz CT molecular complexity index is 361. The van der Waals surface area contributed by atoms with E-state index in [1.807, 2.05) is 0 Å². The van der Waals surface area contributed by atoms with Crippen LogP contribution in [0.2, 0.25) is 0 Å². The van der Waals surface area contributed by atoms with Crippen molar-refractivity contribution in [3.05, 3.63) is 0 Å². The molecule has 0 aliphatic carbocycles. The molecule has 9 heteroatoms. The van der Waals surface area contributed by atoms with Crippen LogP contribution in [-0.4, -0.2) is 30.6 Å². The number of esters is 1. The summed E-state index contributed by atoms with van der Waals surface area (Å²) in [6.45, 7) is 3.71. The molecule has 0 aromatic carbocycles. The summed E-state index contributed by atoms with van der Waals surface area (Å²) >= 11 is 0. The minimum Gasteiger partial charge on any atom is -0.465 e. The zero-order chi connectivity index (χ0) is 17.1. The molecule has 0 saturated carbocycles. The van der Waals surface area contributed by atoms with Crippen LogP contribution < -0.4 is 0 Å². The van der Waals surface area contributed by atoms with E-state index in [9.17, 15) is 35.5 Å². The van der Waals surface area contributed by atoms with Crippen LogP contribution >= 0.6 is 0 Å². The maximum absolute atomic E-state index is 13.1. The van der Waals surface area contributed by atoms with Crippen molar-refractivity contribution in [2.75, 3.05) is 6.61 Å². The van der Waals surface area contributed by atoms with Gasteiger partial charge in [0, 0.05) is 6.42 Å². The molecule has 0 fully saturated rings. The number of hydrogen-bond donors (Lipinski definition) is 0. The van der Waals surface area contributed by atoms with Gasteiger partial charge >= 0.3 is 18.1 Å². The first kappa shape index (κ1) is 20.0. The Morgan fingerprint density at radius 2 is 1.48 bits per heavy atom. The standard InChI is InChI=1S/C12H17F7O2/c1-4-9(2,3)8(20)21-6-5-10(13,14)7-11(15,16)12(17,18)19/h4-7H2,1-3H3. The van der Waals surface area contributed by atoms with E-state index in [-0.39, 0.29) is 0 Å². The Morgan fingerprint density at radius 1 is 1.00 bits per heavy atom. The fraction of sp³-hybridized carbons (Fsp3) is 0.917. The van der Waals surface area contributed by atoms with Crippen molar-refractivity contribution >= 4 is 5.97 Å². The van der Waals surface area contributed by atoms with Gasteiger partial charge in [-0.3, -0.25) is 4.79 Å². The van der Waals surface area contributed by atoms with Crippen molar-refractivity contribution in [3.63, 3.8) is 0 Å². The summed E-state index contributed by atoms with van der Waals surface area (Å²) in [5, 5.41) is 0. The van der Waals surface area contributed by atoms with E-state index >= 15 is 0 Å². The van der Waals surface area contributed by atoms with Crippen molar-refractivity contribution in [1.29, 1.82) is 0 Å². The number of alkyl halides is 7. The molecule has 0 atom stereocenters. The van der Waals surface area contributed by atoms with Crippen LogP contribution in [0.1, 0.15) is 40.0 Å². The monoisotopic (exact) mass is 326 g/mol. The van der Waals surface area contributed by atoms with Gasteiger partial charge in [0.25, 0.3) is 5.92 Å². The van der Waals surface area contributed by atoms with E-state index in [1.54, 1.807) is 6.92 Å². The van der Waals surface area contributed by atoms with Gasteiger partial charge in [0.05, 0.1) is 18.4 Å². The van der Waals surface area contributed by atoms with Gasteiger partial charge in [-0.05, 0) is 20.3 Å². The Balaban J connectivity index is 4.49. The molecule has 21 heavy (non-hydrogen) atoms. The summed E-state index contributed by atoms with van der Waals surface area (Å²) in [7, 11) is 0. The second kappa shape index (κ2) is 6.39. The largest absolute Gasteiger partial charge is 0.465 e. The Labute approximate surface area is 117 Å². The third-order valence-electron chi connectivity index (χ3n) is 3.03. The molecule has 0 radical (unpaired) electrons. The third kappa shape index (κ3) is 6.09. The number of carbonyl (C=O) groups excluding carboxylic acids is 1. The molecule has 2 nitrogen and oxygen atoms in total. The number of carbonyl (C=O) groups is 1. The normalized spacial score (nSPS) is 14.2. The molecule has 0 aromatic heterocycles. The van der Waals surface area contributed by atoms with Crippen LogP contribution in [0.5, 0.6) is 0 Å². The molecular formula is C12H17F7O2. The van der Waals surface area contributed by atoms with Gasteiger partial charge in [0.2, 0.25) is 0 Å². The molecule has 0 aliphatic rings. The summed E-state index contributed by atoms with van der Waals surface area (Å²) in [6, 6.07) is 0. The van der Waals surface area contributed by atoms with Crippen molar-refractivity contribution < 1.29 is 40.3 Å². The summed E-state index contributed by atoms with van der Waals surface area (Å²) < 4.78 is 91.3. The minimum absolute atomic E-state index is 0.356. The van der Waals surface area contributed by atoms with Gasteiger partial charge in [-0.25, -0.2) is 8.78 Å². The average molecular weight is 326 g/mol. The van der Waals surface area contributed by atoms with E-state index in [2.05, 4.69) is 4.74 Å². The fourth-order valence-corrected chi connectivity index (χ4v) is 1.15. The summed E-state index contributed by atoms with van der Waals surface area (Å²) in [6.07, 6.45) is -9.76. The highest BCUT2D eigenvalue weighted by Gasteiger charge is 2.61. The summed E-state index contributed by atoms with van der Waals surface area (Å²) in [4.78, 5) is 11.4. The minimum atomic E-state index is -6.04. The quantitative estimate of drug-likeness (QED) is 0.506. The second-order valence-corrected chi connectivity index (χ2v) is 5.36. The van der Waals surface area contributed by atoms with Gasteiger partial charge in [0.15, 0.2) is 0 Å². The van der Waals surface area contributed by atoms with Crippen molar-refractivity contribution in [2.24, 2.45) is 5.41 Å². The van der Waals surface area contributed by atoms with Crippen LogP contribution in [0.15, 0.2) is 0 Å². The smallest absolute Gasteiger partial charge is 0.453 e. The lowest BCUT2D eigenvalue weighted by atomic mass is 9.91. The van der Waals surface area contributed by atoms with Crippen LogP contribution in [0.25, 0.3) is 0 Å². The molecule has 0 heterocycles. The lowest BCUT2D eigenvalue weighted by Crippen LogP contribution is -2.42. The second-order valence-electron chi connectivity index (χ2n) is 5.36. The molecule has 0 aliphatic heterocycles. The maximum atomic E-state index is 13.1. The van der Waals surface area contributed by atoms with Crippen LogP contribution in [0.4, 0.5) is 30.7 Å². The molecule has 0 rings (SSSR count). The predicted molar refractivity (Wildman–Crippen MR) is 60.2 cm³/mol. The van der Waals surface area contributed by atoms with E-state index in [0.29, 0.717) is 6.42 Å². The highest BCUT2D eigenvalue weighted by molar-refractivity contribution is 5.75. The van der Waals surface area contributed by atoms with Crippen molar-refractivity contribution in [2.45, 2.75) is 58.1 Å². The van der Waals surface area contributed by atoms with Crippen LogP contribution in [0.3, 0.4) is 0 Å². The first-order valence-electron chi connectivity index (χ1n) is 6.14. The van der Waals surface area contributed by atoms with E-state index in [0.717, 1.165) is 0 Å². The van der Waals surface area contributed by atoms with Gasteiger partial charge in [-0.15, -0.1) is 0 Å². The van der Waals surface area contributed by atoms with Crippen LogP contribution in [0, 0.1) is 5.41 Å². The molecule has 0 saturated heterocycles. The molecule has 0 bridgehead atoms. The molecule has 0 aromatic rings. The maximum Gasteiger partial charge on any atom is 0.453 e. The number of ether oxygens (including phenoxy) is 1. The lowest BCUT2D eigenvalue weighted by molar-refractivity contribution is -0.301. The first-order valence-corrected chi connectivity index (χ1v) is 6.14. The highest BCUT2D eigenvalue weighted by atomic mass is 19.4. The number of halogens is 7. The zero-order valence-electron chi connectivity index (χ0n) is 11.8. The molecule has 0 spiro atoms. The number of hydrogen-bond acceptors (Lipinski definition) is 2. The van der Waals surface area contributed by atoms with E-state index in [4.69, 9.17) is 0 Å².